The van der Waals surface area contributed by atoms with Gasteiger partial charge in [0, 0.05) is 6.04 Å². The lowest BCUT2D eigenvalue weighted by atomic mass is 9.97. The molecule has 0 aliphatic rings. The van der Waals surface area contributed by atoms with Gasteiger partial charge in [0.1, 0.15) is 5.75 Å². The first-order chi connectivity index (χ1) is 8.40. The highest BCUT2D eigenvalue weighted by Gasteiger charge is 2.16. The number of aliphatic carboxylic acids is 1. The quantitative estimate of drug-likeness (QED) is 0.815. The highest BCUT2D eigenvalue weighted by Crippen LogP contribution is 2.22. The third-order valence-electron chi connectivity index (χ3n) is 2.71. The molecule has 1 aromatic rings. The second kappa shape index (κ2) is 6.40. The molecular weight excluding hydrogens is 230 g/mol. The van der Waals surface area contributed by atoms with Crippen molar-refractivity contribution in [1.29, 1.82) is 0 Å². The minimum absolute atomic E-state index is 0.136. The van der Waals surface area contributed by atoms with E-state index < -0.39 is 11.9 Å². The van der Waals surface area contributed by atoms with Crippen molar-refractivity contribution >= 4 is 5.97 Å². The third-order valence-corrected chi connectivity index (χ3v) is 2.71. The number of carboxylic acids is 1. The molecule has 18 heavy (non-hydrogen) atoms. The normalized spacial score (nSPS) is 14.3. The summed E-state index contributed by atoms with van der Waals surface area (Å²) < 4.78 is 5.53. The summed E-state index contributed by atoms with van der Waals surface area (Å²) in [6.07, 6.45) is 0.566. The topological polar surface area (TPSA) is 72.5 Å². The molecule has 0 amide bonds. The minimum Gasteiger partial charge on any atom is -0.491 e. The van der Waals surface area contributed by atoms with E-state index in [1.807, 2.05) is 38.1 Å². The Morgan fingerprint density at radius 2 is 1.83 bits per heavy atom. The average Bonchev–Trinajstić information content (AvgIpc) is 2.28. The molecule has 0 aliphatic carbocycles. The van der Waals surface area contributed by atoms with Gasteiger partial charge in [-0.05, 0) is 38.0 Å². The molecule has 0 saturated heterocycles. The number of carbonyl (C=O) groups is 1. The Labute approximate surface area is 108 Å². The second-order valence-electron chi connectivity index (χ2n) is 4.82. The van der Waals surface area contributed by atoms with Gasteiger partial charge in [-0.15, -0.1) is 0 Å². The minimum atomic E-state index is -0.815. The van der Waals surface area contributed by atoms with E-state index in [0.29, 0.717) is 6.42 Å². The molecule has 2 unspecified atom stereocenters. The third kappa shape index (κ3) is 4.37. The molecule has 0 aliphatic heterocycles. The summed E-state index contributed by atoms with van der Waals surface area (Å²) in [7, 11) is 0. The Balaban J connectivity index is 2.64. The summed E-state index contributed by atoms with van der Waals surface area (Å²) in [5.41, 5.74) is 6.91. The lowest BCUT2D eigenvalue weighted by Crippen LogP contribution is -2.19. The van der Waals surface area contributed by atoms with Gasteiger partial charge in [-0.3, -0.25) is 4.79 Å². The van der Waals surface area contributed by atoms with Gasteiger partial charge < -0.3 is 15.6 Å². The average molecular weight is 251 g/mol. The van der Waals surface area contributed by atoms with Crippen molar-refractivity contribution in [2.75, 3.05) is 0 Å². The summed E-state index contributed by atoms with van der Waals surface area (Å²) in [5.74, 6) is -0.455. The first kappa shape index (κ1) is 14.5. The van der Waals surface area contributed by atoms with Crippen LogP contribution >= 0.6 is 0 Å². The molecule has 3 N–H and O–H groups in total. The zero-order valence-electron chi connectivity index (χ0n) is 11.1. The highest BCUT2D eigenvalue weighted by molar-refractivity contribution is 5.69. The van der Waals surface area contributed by atoms with E-state index in [0.717, 1.165) is 11.3 Å². The molecule has 0 heterocycles. The van der Waals surface area contributed by atoms with Crippen LogP contribution < -0.4 is 10.5 Å². The summed E-state index contributed by atoms with van der Waals surface area (Å²) in [5, 5.41) is 8.85. The number of hydrogen-bond acceptors (Lipinski definition) is 3. The monoisotopic (exact) mass is 251 g/mol. The van der Waals surface area contributed by atoms with Crippen molar-refractivity contribution in [3.05, 3.63) is 29.8 Å². The van der Waals surface area contributed by atoms with Crippen LogP contribution in [0.4, 0.5) is 0 Å². The Kier molecular flexibility index (Phi) is 5.16. The Bertz CT molecular complexity index is 387. The molecule has 0 saturated carbocycles. The van der Waals surface area contributed by atoms with Crippen molar-refractivity contribution in [1.82, 2.24) is 0 Å². The molecule has 0 radical (unpaired) electrons. The van der Waals surface area contributed by atoms with E-state index in [1.165, 1.54) is 0 Å². The van der Waals surface area contributed by atoms with Crippen molar-refractivity contribution in [2.45, 2.75) is 39.3 Å². The van der Waals surface area contributed by atoms with Gasteiger partial charge >= 0.3 is 5.97 Å². The largest absolute Gasteiger partial charge is 0.491 e. The standard InChI is InChI=1S/C14H21NO3/c1-9(2)18-12-6-4-11(5-7-12)13(15)8-10(3)14(16)17/h4-7,9-10,13H,8,15H2,1-3H3,(H,16,17). The van der Waals surface area contributed by atoms with Crippen LogP contribution in [0.5, 0.6) is 5.75 Å². The Hall–Kier alpha value is -1.55. The number of rotatable bonds is 6. The summed E-state index contributed by atoms with van der Waals surface area (Å²) >= 11 is 0. The van der Waals surface area contributed by atoms with Crippen molar-refractivity contribution in [3.63, 3.8) is 0 Å². The van der Waals surface area contributed by atoms with Gasteiger partial charge in [-0.2, -0.15) is 0 Å². The Morgan fingerprint density at radius 3 is 2.28 bits per heavy atom. The number of benzene rings is 1. The van der Waals surface area contributed by atoms with Crippen LogP contribution in [-0.4, -0.2) is 17.2 Å². The van der Waals surface area contributed by atoms with E-state index in [2.05, 4.69) is 0 Å². The van der Waals surface area contributed by atoms with Crippen LogP contribution in [-0.2, 0) is 4.79 Å². The molecule has 1 rings (SSSR count). The van der Waals surface area contributed by atoms with E-state index >= 15 is 0 Å². The summed E-state index contributed by atoms with van der Waals surface area (Å²) in [6.45, 7) is 5.60. The van der Waals surface area contributed by atoms with Crippen molar-refractivity contribution in [3.8, 4) is 5.75 Å². The summed E-state index contributed by atoms with van der Waals surface area (Å²) in [6, 6.07) is 7.24. The van der Waals surface area contributed by atoms with Crippen LogP contribution in [0.15, 0.2) is 24.3 Å². The molecular formula is C14H21NO3. The molecule has 0 fully saturated rings. The van der Waals surface area contributed by atoms with E-state index in [9.17, 15) is 4.79 Å². The summed E-state index contributed by atoms with van der Waals surface area (Å²) in [4.78, 5) is 10.8. The molecule has 4 heteroatoms. The van der Waals surface area contributed by atoms with Gasteiger partial charge in [0.25, 0.3) is 0 Å². The number of hydrogen-bond donors (Lipinski definition) is 2. The maximum absolute atomic E-state index is 10.8. The molecule has 2 atom stereocenters. The van der Waals surface area contributed by atoms with Crippen molar-refractivity contribution < 1.29 is 14.6 Å². The first-order valence-corrected chi connectivity index (χ1v) is 6.15. The molecule has 1 aromatic carbocycles. The molecule has 100 valence electrons. The van der Waals surface area contributed by atoms with E-state index in [4.69, 9.17) is 15.6 Å². The van der Waals surface area contributed by atoms with Gasteiger partial charge in [-0.1, -0.05) is 19.1 Å². The predicted molar refractivity (Wildman–Crippen MR) is 70.6 cm³/mol. The molecule has 0 aromatic heterocycles. The van der Waals surface area contributed by atoms with Gasteiger partial charge in [-0.25, -0.2) is 0 Å². The fraction of sp³-hybridized carbons (Fsp3) is 0.500. The van der Waals surface area contributed by atoms with Crippen LogP contribution in [0, 0.1) is 5.92 Å². The fourth-order valence-electron chi connectivity index (χ4n) is 1.68. The van der Waals surface area contributed by atoms with Crippen LogP contribution in [0.2, 0.25) is 0 Å². The first-order valence-electron chi connectivity index (χ1n) is 6.15. The molecule has 4 nitrogen and oxygen atoms in total. The maximum Gasteiger partial charge on any atom is 0.306 e. The highest BCUT2D eigenvalue weighted by atomic mass is 16.5. The zero-order chi connectivity index (χ0) is 13.7. The predicted octanol–water partition coefficient (Wildman–Crippen LogP) is 2.58. The van der Waals surface area contributed by atoms with Crippen LogP contribution in [0.3, 0.4) is 0 Å². The van der Waals surface area contributed by atoms with E-state index in [1.54, 1.807) is 6.92 Å². The number of carboxylic acid groups (broad SMARTS) is 1. The lowest BCUT2D eigenvalue weighted by Gasteiger charge is -2.16. The fourth-order valence-corrected chi connectivity index (χ4v) is 1.68. The Morgan fingerprint density at radius 1 is 1.28 bits per heavy atom. The van der Waals surface area contributed by atoms with Gasteiger partial charge in [0.2, 0.25) is 0 Å². The van der Waals surface area contributed by atoms with Crippen molar-refractivity contribution in [2.24, 2.45) is 11.7 Å². The second-order valence-corrected chi connectivity index (χ2v) is 4.82. The van der Waals surface area contributed by atoms with E-state index in [-0.39, 0.29) is 12.1 Å². The molecule has 0 bridgehead atoms. The van der Waals surface area contributed by atoms with Gasteiger partial charge in [0.05, 0.1) is 12.0 Å². The SMILES string of the molecule is CC(C)Oc1ccc(C(N)CC(C)C(=O)O)cc1. The van der Waals surface area contributed by atoms with Crippen LogP contribution in [0.1, 0.15) is 38.8 Å². The smallest absolute Gasteiger partial charge is 0.306 e. The maximum atomic E-state index is 10.8. The zero-order valence-corrected chi connectivity index (χ0v) is 11.1. The molecule has 0 spiro atoms. The number of ether oxygens (including phenoxy) is 1. The lowest BCUT2D eigenvalue weighted by molar-refractivity contribution is -0.141. The van der Waals surface area contributed by atoms with Crippen LogP contribution in [0.25, 0.3) is 0 Å². The van der Waals surface area contributed by atoms with Gasteiger partial charge in [0.15, 0.2) is 0 Å². The number of nitrogens with two attached hydrogens (primary N) is 1.